The summed E-state index contributed by atoms with van der Waals surface area (Å²) in [5, 5.41) is 18.9. The molecule has 28 heavy (non-hydrogen) atoms. The molecule has 0 unspecified atom stereocenters. The molecule has 0 aliphatic heterocycles. The molecule has 0 aliphatic rings. The lowest BCUT2D eigenvalue weighted by molar-refractivity contribution is -0.384. The van der Waals surface area contributed by atoms with E-state index in [1.165, 1.54) is 36.5 Å². The van der Waals surface area contributed by atoms with E-state index >= 15 is 0 Å². The van der Waals surface area contributed by atoms with Crippen LogP contribution >= 0.6 is 0 Å². The van der Waals surface area contributed by atoms with Crippen LogP contribution in [-0.4, -0.2) is 29.0 Å². The SMILES string of the molecule is CC(=NN=C(N)N)c1cn(S(=O)(=O)c2ccccc2)c2ccc([N+](=O)[O-])cc12. The standard InChI is InChI=1S/C17H16N6O4S/c1-11(20-21-17(18)19)15-10-22(28(26,27)13-5-3-2-4-6-13)16-8-7-12(23(24)25)9-14(15)16/h2-10H,1H3,(H4,18,19,21). The number of nitrogens with two attached hydrogens (primary N) is 2. The Morgan fingerprint density at radius 1 is 1.11 bits per heavy atom. The molecule has 0 amide bonds. The van der Waals surface area contributed by atoms with Gasteiger partial charge in [-0.1, -0.05) is 18.2 Å². The van der Waals surface area contributed by atoms with Crippen LogP contribution in [-0.2, 0) is 10.0 Å². The third-order valence-electron chi connectivity index (χ3n) is 3.97. The van der Waals surface area contributed by atoms with Gasteiger partial charge in [0.25, 0.3) is 15.7 Å². The number of fused-ring (bicyclic) bond motifs is 1. The Morgan fingerprint density at radius 3 is 2.39 bits per heavy atom. The normalized spacial score (nSPS) is 12.1. The molecule has 0 radical (unpaired) electrons. The molecular weight excluding hydrogens is 384 g/mol. The molecule has 0 aliphatic carbocycles. The number of guanidine groups is 1. The van der Waals surface area contributed by atoms with E-state index in [0.29, 0.717) is 16.7 Å². The summed E-state index contributed by atoms with van der Waals surface area (Å²) in [6, 6.07) is 11.8. The van der Waals surface area contributed by atoms with Crippen LogP contribution in [0.1, 0.15) is 12.5 Å². The summed E-state index contributed by atoms with van der Waals surface area (Å²) < 4.78 is 27.2. The van der Waals surface area contributed by atoms with E-state index in [2.05, 4.69) is 10.2 Å². The van der Waals surface area contributed by atoms with Crippen molar-refractivity contribution in [3.8, 4) is 0 Å². The predicted octanol–water partition coefficient (Wildman–Crippen LogP) is 1.78. The monoisotopic (exact) mass is 400 g/mol. The topological polar surface area (TPSA) is 159 Å². The van der Waals surface area contributed by atoms with Crippen molar-refractivity contribution in [2.24, 2.45) is 21.7 Å². The molecule has 0 saturated carbocycles. The Labute approximate surface area is 160 Å². The largest absolute Gasteiger partial charge is 0.369 e. The molecule has 11 heteroatoms. The van der Waals surface area contributed by atoms with Gasteiger partial charge in [0.05, 0.1) is 21.0 Å². The van der Waals surface area contributed by atoms with Crippen molar-refractivity contribution >= 4 is 38.3 Å². The van der Waals surface area contributed by atoms with Crippen LogP contribution < -0.4 is 11.5 Å². The number of aromatic nitrogens is 1. The van der Waals surface area contributed by atoms with Gasteiger partial charge in [-0.25, -0.2) is 12.4 Å². The number of nitro groups is 1. The van der Waals surface area contributed by atoms with Crippen molar-refractivity contribution < 1.29 is 13.3 Å². The summed E-state index contributed by atoms with van der Waals surface area (Å²) in [6.45, 7) is 1.57. The van der Waals surface area contributed by atoms with Crippen LogP contribution in [0.25, 0.3) is 10.9 Å². The summed E-state index contributed by atoms with van der Waals surface area (Å²) in [4.78, 5) is 10.7. The first-order valence-corrected chi connectivity index (χ1v) is 9.39. The molecule has 3 aromatic rings. The molecule has 0 bridgehead atoms. The summed E-state index contributed by atoms with van der Waals surface area (Å²) in [6.07, 6.45) is 1.35. The Balaban J connectivity index is 2.32. The number of hydrogen-bond donors (Lipinski definition) is 2. The number of benzene rings is 2. The van der Waals surface area contributed by atoms with Gasteiger partial charge in [0.15, 0.2) is 0 Å². The predicted molar refractivity (Wildman–Crippen MR) is 106 cm³/mol. The van der Waals surface area contributed by atoms with Gasteiger partial charge in [0.2, 0.25) is 5.96 Å². The van der Waals surface area contributed by atoms with Crippen molar-refractivity contribution in [2.45, 2.75) is 11.8 Å². The van der Waals surface area contributed by atoms with Crippen molar-refractivity contribution in [1.82, 2.24) is 3.97 Å². The number of nitrogens with zero attached hydrogens (tertiary/aromatic N) is 4. The highest BCUT2D eigenvalue weighted by Gasteiger charge is 2.23. The highest BCUT2D eigenvalue weighted by molar-refractivity contribution is 7.90. The van der Waals surface area contributed by atoms with E-state index in [-0.39, 0.29) is 22.1 Å². The fraction of sp³-hybridized carbons (Fsp3) is 0.0588. The number of hydrogen-bond acceptors (Lipinski definition) is 6. The fourth-order valence-electron chi connectivity index (χ4n) is 2.68. The quantitative estimate of drug-likeness (QED) is 0.287. The Bertz CT molecular complexity index is 1230. The average Bonchev–Trinajstić information content (AvgIpc) is 3.06. The minimum Gasteiger partial charge on any atom is -0.369 e. The van der Waals surface area contributed by atoms with Crippen LogP contribution in [0.15, 0.2) is 69.8 Å². The zero-order valence-electron chi connectivity index (χ0n) is 14.7. The molecule has 0 atom stereocenters. The molecule has 10 nitrogen and oxygen atoms in total. The zero-order chi connectivity index (χ0) is 20.5. The van der Waals surface area contributed by atoms with E-state index < -0.39 is 14.9 Å². The fourth-order valence-corrected chi connectivity index (χ4v) is 4.07. The van der Waals surface area contributed by atoms with Crippen LogP contribution in [0, 0.1) is 10.1 Å². The van der Waals surface area contributed by atoms with Gasteiger partial charge in [-0.3, -0.25) is 10.1 Å². The van der Waals surface area contributed by atoms with Crippen molar-refractivity contribution in [1.29, 1.82) is 0 Å². The number of nitro benzene ring substituents is 1. The minimum atomic E-state index is -3.94. The van der Waals surface area contributed by atoms with Gasteiger partial charge < -0.3 is 11.5 Å². The highest BCUT2D eigenvalue weighted by Crippen LogP contribution is 2.29. The van der Waals surface area contributed by atoms with Gasteiger partial charge in [-0.15, -0.1) is 5.10 Å². The maximum atomic E-state index is 13.1. The lowest BCUT2D eigenvalue weighted by atomic mass is 10.1. The zero-order valence-corrected chi connectivity index (χ0v) is 15.5. The van der Waals surface area contributed by atoms with Gasteiger partial charge >= 0.3 is 0 Å². The van der Waals surface area contributed by atoms with E-state index in [9.17, 15) is 18.5 Å². The first kappa shape index (κ1) is 19.0. The summed E-state index contributed by atoms with van der Waals surface area (Å²) in [5.41, 5.74) is 11.3. The minimum absolute atomic E-state index is 0.0793. The highest BCUT2D eigenvalue weighted by atomic mass is 32.2. The third kappa shape index (κ3) is 3.42. The Hall–Kier alpha value is -3.73. The van der Waals surface area contributed by atoms with Crippen molar-refractivity contribution in [3.05, 3.63) is 70.4 Å². The van der Waals surface area contributed by atoms with Gasteiger partial charge in [0, 0.05) is 29.3 Å². The lowest BCUT2D eigenvalue weighted by Crippen LogP contribution is -2.22. The molecule has 1 heterocycles. The van der Waals surface area contributed by atoms with E-state index in [1.54, 1.807) is 25.1 Å². The molecule has 3 rings (SSSR count). The second kappa shape index (κ2) is 7.12. The molecule has 0 fully saturated rings. The van der Waals surface area contributed by atoms with Crippen molar-refractivity contribution in [3.63, 3.8) is 0 Å². The molecule has 1 aromatic heterocycles. The lowest BCUT2D eigenvalue weighted by Gasteiger charge is -2.07. The number of rotatable bonds is 5. The van der Waals surface area contributed by atoms with Gasteiger partial charge in [-0.05, 0) is 25.1 Å². The maximum absolute atomic E-state index is 13.1. The molecule has 0 spiro atoms. The second-order valence-corrected chi connectivity index (χ2v) is 7.64. The molecular formula is C17H16N6O4S. The van der Waals surface area contributed by atoms with Crippen LogP contribution in [0.2, 0.25) is 0 Å². The molecule has 144 valence electrons. The average molecular weight is 400 g/mol. The second-order valence-electron chi connectivity index (χ2n) is 5.83. The number of non-ortho nitro benzene ring substituents is 1. The Kier molecular flexibility index (Phi) is 4.84. The Morgan fingerprint density at radius 2 is 1.79 bits per heavy atom. The van der Waals surface area contributed by atoms with Crippen LogP contribution in [0.3, 0.4) is 0 Å². The van der Waals surface area contributed by atoms with E-state index in [4.69, 9.17) is 11.5 Å². The van der Waals surface area contributed by atoms with Crippen LogP contribution in [0.5, 0.6) is 0 Å². The first-order chi connectivity index (χ1) is 13.2. The van der Waals surface area contributed by atoms with E-state index in [0.717, 1.165) is 3.97 Å². The van der Waals surface area contributed by atoms with E-state index in [1.807, 2.05) is 0 Å². The third-order valence-corrected chi connectivity index (χ3v) is 5.66. The molecule has 2 aromatic carbocycles. The van der Waals surface area contributed by atoms with Gasteiger partial charge in [-0.2, -0.15) is 5.10 Å². The van der Waals surface area contributed by atoms with Crippen molar-refractivity contribution in [2.75, 3.05) is 0 Å². The first-order valence-electron chi connectivity index (χ1n) is 7.95. The van der Waals surface area contributed by atoms with Crippen LogP contribution in [0.4, 0.5) is 5.69 Å². The summed E-state index contributed by atoms with van der Waals surface area (Å²) in [7, 11) is -3.94. The summed E-state index contributed by atoms with van der Waals surface area (Å²) in [5.74, 6) is -0.272. The molecule has 4 N–H and O–H groups in total. The molecule has 0 saturated heterocycles. The van der Waals surface area contributed by atoms with Gasteiger partial charge in [0.1, 0.15) is 0 Å². The smallest absolute Gasteiger partial charge is 0.270 e. The summed E-state index contributed by atoms with van der Waals surface area (Å²) >= 11 is 0. The maximum Gasteiger partial charge on any atom is 0.270 e.